The van der Waals surface area contributed by atoms with E-state index in [1.54, 1.807) is 6.07 Å². The van der Waals surface area contributed by atoms with Gasteiger partial charge in [-0.3, -0.25) is 0 Å². The van der Waals surface area contributed by atoms with Gasteiger partial charge in [0.1, 0.15) is 11.6 Å². The zero-order valence-corrected chi connectivity index (χ0v) is 12.1. The maximum atomic E-state index is 5.52. The average molecular weight is 285 g/mol. The number of nitrogens with one attached hydrogen (secondary N) is 1. The van der Waals surface area contributed by atoms with Crippen molar-refractivity contribution in [2.24, 2.45) is 0 Å². The number of aromatic nitrogens is 4. The molecule has 0 spiro atoms. The van der Waals surface area contributed by atoms with Crippen molar-refractivity contribution in [3.63, 3.8) is 0 Å². The highest BCUT2D eigenvalue weighted by Crippen LogP contribution is 2.17. The Labute approximate surface area is 123 Å². The van der Waals surface area contributed by atoms with Crippen LogP contribution in [-0.4, -0.2) is 46.0 Å². The SMILES string of the molecule is Cc1n[c]cc(Nc2ccc(N3CCOC(C)C3)nn2)n1. The number of hydrogen-bond acceptors (Lipinski definition) is 7. The summed E-state index contributed by atoms with van der Waals surface area (Å²) >= 11 is 0. The van der Waals surface area contributed by atoms with Crippen LogP contribution < -0.4 is 10.2 Å². The molecule has 7 heteroatoms. The number of anilines is 3. The van der Waals surface area contributed by atoms with E-state index in [0.717, 1.165) is 25.5 Å². The highest BCUT2D eigenvalue weighted by atomic mass is 16.5. The second-order valence-electron chi connectivity index (χ2n) is 4.96. The molecule has 109 valence electrons. The molecule has 1 radical (unpaired) electrons. The quantitative estimate of drug-likeness (QED) is 0.912. The molecule has 7 nitrogen and oxygen atoms in total. The Balaban J connectivity index is 1.69. The minimum Gasteiger partial charge on any atom is -0.375 e. The van der Waals surface area contributed by atoms with E-state index in [1.165, 1.54) is 0 Å². The number of aryl methyl sites for hydroxylation is 1. The van der Waals surface area contributed by atoms with Gasteiger partial charge in [-0.1, -0.05) is 0 Å². The van der Waals surface area contributed by atoms with Crippen LogP contribution in [0.1, 0.15) is 12.7 Å². The Hall–Kier alpha value is -2.28. The summed E-state index contributed by atoms with van der Waals surface area (Å²) in [5.74, 6) is 2.82. The van der Waals surface area contributed by atoms with Gasteiger partial charge in [0.2, 0.25) is 0 Å². The largest absolute Gasteiger partial charge is 0.375 e. The summed E-state index contributed by atoms with van der Waals surface area (Å²) in [6.07, 6.45) is 2.99. The predicted molar refractivity (Wildman–Crippen MR) is 78.5 cm³/mol. The van der Waals surface area contributed by atoms with E-state index in [1.807, 2.05) is 19.1 Å². The average Bonchev–Trinajstić information content (AvgIpc) is 2.48. The fourth-order valence-corrected chi connectivity index (χ4v) is 2.20. The van der Waals surface area contributed by atoms with Crippen LogP contribution in [0.3, 0.4) is 0 Å². The normalized spacial score (nSPS) is 18.6. The van der Waals surface area contributed by atoms with Gasteiger partial charge in [0.25, 0.3) is 0 Å². The summed E-state index contributed by atoms with van der Waals surface area (Å²) in [4.78, 5) is 10.3. The molecule has 1 atom stereocenters. The summed E-state index contributed by atoms with van der Waals surface area (Å²) < 4.78 is 5.52. The maximum Gasteiger partial charge on any atom is 0.154 e. The van der Waals surface area contributed by atoms with Crippen molar-refractivity contribution in [2.45, 2.75) is 20.0 Å². The van der Waals surface area contributed by atoms with Crippen molar-refractivity contribution in [3.05, 3.63) is 30.2 Å². The molecule has 1 N–H and O–H groups in total. The molecule has 0 aromatic carbocycles. The Morgan fingerprint density at radius 3 is 2.95 bits per heavy atom. The Morgan fingerprint density at radius 1 is 1.33 bits per heavy atom. The van der Waals surface area contributed by atoms with E-state index in [2.05, 4.69) is 43.5 Å². The van der Waals surface area contributed by atoms with E-state index in [4.69, 9.17) is 4.74 Å². The van der Waals surface area contributed by atoms with Gasteiger partial charge in [-0.25, -0.2) is 9.97 Å². The minimum absolute atomic E-state index is 0.220. The second kappa shape index (κ2) is 6.01. The third kappa shape index (κ3) is 3.43. The van der Waals surface area contributed by atoms with Gasteiger partial charge < -0.3 is 15.0 Å². The molecule has 2 aromatic heterocycles. The summed E-state index contributed by atoms with van der Waals surface area (Å²) in [5.41, 5.74) is 0. The molecule has 1 fully saturated rings. The van der Waals surface area contributed by atoms with Crippen LogP contribution in [0.2, 0.25) is 0 Å². The van der Waals surface area contributed by atoms with Crippen molar-refractivity contribution in [2.75, 3.05) is 29.9 Å². The lowest BCUT2D eigenvalue weighted by Gasteiger charge is -2.31. The fourth-order valence-electron chi connectivity index (χ4n) is 2.20. The van der Waals surface area contributed by atoms with Gasteiger partial charge in [0.05, 0.1) is 18.9 Å². The van der Waals surface area contributed by atoms with Gasteiger partial charge in [-0.15, -0.1) is 10.2 Å². The van der Waals surface area contributed by atoms with Crippen molar-refractivity contribution in [3.8, 4) is 0 Å². The van der Waals surface area contributed by atoms with Crippen molar-refractivity contribution in [1.29, 1.82) is 0 Å². The third-order valence-corrected chi connectivity index (χ3v) is 3.18. The molecule has 3 heterocycles. The lowest BCUT2D eigenvalue weighted by atomic mass is 10.3. The van der Waals surface area contributed by atoms with Gasteiger partial charge in [-0.05, 0) is 26.0 Å². The van der Waals surface area contributed by atoms with E-state index in [0.29, 0.717) is 17.5 Å². The van der Waals surface area contributed by atoms with Gasteiger partial charge in [0.15, 0.2) is 11.6 Å². The molecule has 0 aliphatic carbocycles. The Kier molecular flexibility index (Phi) is 3.92. The molecule has 0 amide bonds. The first kappa shape index (κ1) is 13.7. The van der Waals surface area contributed by atoms with E-state index < -0.39 is 0 Å². The molecule has 3 rings (SSSR count). The summed E-state index contributed by atoms with van der Waals surface area (Å²) in [6.45, 7) is 6.27. The lowest BCUT2D eigenvalue weighted by Crippen LogP contribution is -2.41. The predicted octanol–water partition coefficient (Wildman–Crippen LogP) is 1.34. The molecule has 1 aliphatic rings. The number of hydrogen-bond donors (Lipinski definition) is 1. The molecular formula is C14H17N6O. The van der Waals surface area contributed by atoms with Gasteiger partial charge in [-0.2, -0.15) is 0 Å². The van der Waals surface area contributed by atoms with Crippen LogP contribution in [0.4, 0.5) is 17.5 Å². The molecular weight excluding hydrogens is 268 g/mol. The summed E-state index contributed by atoms with van der Waals surface area (Å²) in [6, 6.07) is 5.51. The van der Waals surface area contributed by atoms with E-state index in [9.17, 15) is 0 Å². The first-order chi connectivity index (χ1) is 10.2. The summed E-state index contributed by atoms with van der Waals surface area (Å²) in [5, 5.41) is 11.5. The minimum atomic E-state index is 0.220. The number of nitrogens with zero attached hydrogens (tertiary/aromatic N) is 5. The van der Waals surface area contributed by atoms with Gasteiger partial charge in [0, 0.05) is 19.2 Å². The highest BCUT2D eigenvalue weighted by molar-refractivity contribution is 5.52. The van der Waals surface area contributed by atoms with Crippen LogP contribution in [0.15, 0.2) is 18.2 Å². The topological polar surface area (TPSA) is 76.1 Å². The molecule has 2 aromatic rings. The molecule has 1 unspecified atom stereocenters. The Morgan fingerprint density at radius 2 is 2.24 bits per heavy atom. The van der Waals surface area contributed by atoms with Crippen molar-refractivity contribution >= 4 is 17.5 Å². The maximum absolute atomic E-state index is 5.52. The molecule has 1 saturated heterocycles. The van der Waals surface area contributed by atoms with E-state index >= 15 is 0 Å². The molecule has 1 aliphatic heterocycles. The monoisotopic (exact) mass is 285 g/mol. The van der Waals surface area contributed by atoms with E-state index in [-0.39, 0.29) is 6.10 Å². The highest BCUT2D eigenvalue weighted by Gasteiger charge is 2.18. The number of morpholine rings is 1. The zero-order chi connectivity index (χ0) is 14.7. The molecule has 21 heavy (non-hydrogen) atoms. The van der Waals surface area contributed by atoms with Gasteiger partial charge >= 0.3 is 0 Å². The first-order valence-corrected chi connectivity index (χ1v) is 6.90. The second-order valence-corrected chi connectivity index (χ2v) is 4.96. The Bertz CT molecular complexity index is 603. The summed E-state index contributed by atoms with van der Waals surface area (Å²) in [7, 11) is 0. The number of rotatable bonds is 3. The standard InChI is InChI=1S/C14H17N6O/c1-10-9-20(7-8-21-10)14-4-3-13(18-19-14)17-12-5-6-15-11(2)16-12/h3-5,10H,7-9H2,1-2H3,(H,15,16,17,18). The van der Waals surface area contributed by atoms with Crippen LogP contribution in [0, 0.1) is 13.1 Å². The first-order valence-electron chi connectivity index (χ1n) is 6.90. The molecule has 0 saturated carbocycles. The lowest BCUT2D eigenvalue weighted by molar-refractivity contribution is 0.0529. The van der Waals surface area contributed by atoms with Crippen LogP contribution >= 0.6 is 0 Å². The fraction of sp³-hybridized carbons (Fsp3) is 0.429. The van der Waals surface area contributed by atoms with Crippen LogP contribution in [-0.2, 0) is 4.74 Å². The smallest absolute Gasteiger partial charge is 0.154 e. The van der Waals surface area contributed by atoms with Crippen molar-refractivity contribution in [1.82, 2.24) is 20.2 Å². The van der Waals surface area contributed by atoms with Crippen molar-refractivity contribution < 1.29 is 4.74 Å². The number of ether oxygens (including phenoxy) is 1. The third-order valence-electron chi connectivity index (χ3n) is 3.18. The van der Waals surface area contributed by atoms with Crippen LogP contribution in [0.5, 0.6) is 0 Å². The van der Waals surface area contributed by atoms with Crippen LogP contribution in [0.25, 0.3) is 0 Å². The molecule has 0 bridgehead atoms. The zero-order valence-electron chi connectivity index (χ0n) is 12.1.